The fraction of sp³-hybridized carbons (Fsp3) is 0.310. The molecule has 0 heterocycles. The van der Waals surface area contributed by atoms with Gasteiger partial charge in [-0.3, -0.25) is 9.59 Å². The molecule has 1 N–H and O–H groups in total. The molecule has 0 bridgehead atoms. The SMILES string of the molecule is CCCCNC(=O)[C@@H](Cc1ccccc1)N(Cc1cccc(C)c1)C(=O)Cc1ccc(Cl)cc1. The molecule has 5 heteroatoms. The van der Waals surface area contributed by atoms with Crippen molar-refractivity contribution in [3.63, 3.8) is 0 Å². The molecule has 0 aliphatic heterocycles. The molecule has 0 radical (unpaired) electrons. The third kappa shape index (κ3) is 7.74. The smallest absolute Gasteiger partial charge is 0.243 e. The number of benzene rings is 3. The van der Waals surface area contributed by atoms with E-state index in [0.29, 0.717) is 24.5 Å². The van der Waals surface area contributed by atoms with Crippen LogP contribution in [0.25, 0.3) is 0 Å². The fourth-order valence-electron chi connectivity index (χ4n) is 3.95. The Balaban J connectivity index is 1.93. The topological polar surface area (TPSA) is 49.4 Å². The van der Waals surface area contributed by atoms with Crippen LogP contribution >= 0.6 is 11.6 Å². The van der Waals surface area contributed by atoms with Gasteiger partial charge >= 0.3 is 0 Å². The summed E-state index contributed by atoms with van der Waals surface area (Å²) in [7, 11) is 0. The van der Waals surface area contributed by atoms with Crippen LogP contribution in [-0.4, -0.2) is 29.3 Å². The molecule has 4 nitrogen and oxygen atoms in total. The zero-order valence-corrected chi connectivity index (χ0v) is 20.7. The lowest BCUT2D eigenvalue weighted by molar-refractivity contribution is -0.140. The lowest BCUT2D eigenvalue weighted by Crippen LogP contribution is -2.51. The quantitative estimate of drug-likeness (QED) is 0.358. The molecule has 0 aliphatic rings. The highest BCUT2D eigenvalue weighted by molar-refractivity contribution is 6.30. The number of unbranched alkanes of at least 4 members (excludes halogenated alkanes) is 1. The van der Waals surface area contributed by atoms with Gasteiger partial charge in [-0.2, -0.15) is 0 Å². The second-order valence-electron chi connectivity index (χ2n) is 8.66. The summed E-state index contributed by atoms with van der Waals surface area (Å²) in [5, 5.41) is 3.69. The number of carbonyl (C=O) groups excluding carboxylic acids is 2. The molecule has 0 aliphatic carbocycles. The Morgan fingerprint density at radius 1 is 0.912 bits per heavy atom. The van der Waals surface area contributed by atoms with Crippen molar-refractivity contribution in [3.8, 4) is 0 Å². The minimum absolute atomic E-state index is 0.0876. The summed E-state index contributed by atoms with van der Waals surface area (Å²) in [4.78, 5) is 28.8. The molecule has 0 spiro atoms. The first-order valence-electron chi connectivity index (χ1n) is 11.9. The van der Waals surface area contributed by atoms with Gasteiger partial charge in [0.1, 0.15) is 6.04 Å². The van der Waals surface area contributed by atoms with E-state index in [1.807, 2.05) is 67.6 Å². The maximum atomic E-state index is 13.7. The molecule has 0 aromatic heterocycles. The molecule has 3 aromatic carbocycles. The normalized spacial score (nSPS) is 11.6. The minimum atomic E-state index is -0.612. The molecular formula is C29H33ClN2O2. The van der Waals surface area contributed by atoms with E-state index in [0.717, 1.165) is 35.1 Å². The van der Waals surface area contributed by atoms with E-state index in [9.17, 15) is 9.59 Å². The Morgan fingerprint density at radius 3 is 2.29 bits per heavy atom. The van der Waals surface area contributed by atoms with Crippen LogP contribution in [0.5, 0.6) is 0 Å². The number of nitrogens with zero attached hydrogens (tertiary/aromatic N) is 1. The van der Waals surface area contributed by atoms with Gasteiger partial charge in [-0.15, -0.1) is 0 Å². The van der Waals surface area contributed by atoms with Crippen molar-refractivity contribution in [2.24, 2.45) is 0 Å². The minimum Gasteiger partial charge on any atom is -0.354 e. The summed E-state index contributed by atoms with van der Waals surface area (Å²) in [5.74, 6) is -0.204. The van der Waals surface area contributed by atoms with Gasteiger partial charge in [-0.1, -0.05) is 97.2 Å². The van der Waals surface area contributed by atoms with Crippen LogP contribution < -0.4 is 5.32 Å². The molecule has 2 amide bonds. The van der Waals surface area contributed by atoms with Crippen molar-refractivity contribution in [1.29, 1.82) is 0 Å². The zero-order valence-electron chi connectivity index (χ0n) is 20.0. The number of aryl methyl sites for hydroxylation is 1. The first-order valence-corrected chi connectivity index (χ1v) is 12.2. The second kappa shape index (κ2) is 13.0. The van der Waals surface area contributed by atoms with E-state index >= 15 is 0 Å². The number of hydrogen-bond acceptors (Lipinski definition) is 2. The van der Waals surface area contributed by atoms with Crippen molar-refractivity contribution in [2.75, 3.05) is 6.54 Å². The van der Waals surface area contributed by atoms with E-state index < -0.39 is 6.04 Å². The van der Waals surface area contributed by atoms with Crippen LogP contribution in [-0.2, 0) is 29.0 Å². The number of carbonyl (C=O) groups is 2. The Kier molecular flexibility index (Phi) is 9.72. The van der Waals surface area contributed by atoms with Crippen LogP contribution in [0, 0.1) is 6.92 Å². The Labute approximate surface area is 207 Å². The number of hydrogen-bond donors (Lipinski definition) is 1. The molecule has 0 fully saturated rings. The van der Waals surface area contributed by atoms with Gasteiger partial charge in [-0.05, 0) is 42.2 Å². The van der Waals surface area contributed by atoms with Crippen molar-refractivity contribution in [2.45, 2.75) is 52.1 Å². The number of halogens is 1. The molecule has 3 aromatic rings. The van der Waals surface area contributed by atoms with Crippen LogP contribution in [0.1, 0.15) is 42.0 Å². The Bertz CT molecular complexity index is 1070. The van der Waals surface area contributed by atoms with Gasteiger partial charge in [0.2, 0.25) is 11.8 Å². The molecule has 3 rings (SSSR count). The first kappa shape index (κ1) is 25.5. The number of nitrogens with one attached hydrogen (secondary N) is 1. The maximum absolute atomic E-state index is 13.7. The fourth-order valence-corrected chi connectivity index (χ4v) is 4.07. The third-order valence-electron chi connectivity index (χ3n) is 5.80. The number of amides is 2. The highest BCUT2D eigenvalue weighted by Crippen LogP contribution is 2.18. The predicted octanol–water partition coefficient (Wildman–Crippen LogP) is 5.75. The van der Waals surface area contributed by atoms with Crippen LogP contribution in [0.3, 0.4) is 0 Å². The molecular weight excluding hydrogens is 444 g/mol. The molecule has 178 valence electrons. The average Bonchev–Trinajstić information content (AvgIpc) is 2.83. The molecule has 0 saturated carbocycles. The van der Waals surface area contributed by atoms with Gasteiger partial charge in [-0.25, -0.2) is 0 Å². The van der Waals surface area contributed by atoms with Crippen LogP contribution in [0.2, 0.25) is 5.02 Å². The average molecular weight is 477 g/mol. The summed E-state index contributed by atoms with van der Waals surface area (Å²) in [5.41, 5.74) is 4.01. The van der Waals surface area contributed by atoms with Crippen molar-refractivity contribution < 1.29 is 9.59 Å². The summed E-state index contributed by atoms with van der Waals surface area (Å²) < 4.78 is 0. The van der Waals surface area contributed by atoms with Crippen LogP contribution in [0.15, 0.2) is 78.9 Å². The zero-order chi connectivity index (χ0) is 24.3. The van der Waals surface area contributed by atoms with E-state index in [4.69, 9.17) is 11.6 Å². The first-order chi connectivity index (χ1) is 16.5. The predicted molar refractivity (Wildman–Crippen MR) is 139 cm³/mol. The number of rotatable bonds is 11. The van der Waals surface area contributed by atoms with E-state index in [-0.39, 0.29) is 18.2 Å². The highest BCUT2D eigenvalue weighted by atomic mass is 35.5. The van der Waals surface area contributed by atoms with Gasteiger partial charge in [0.05, 0.1) is 6.42 Å². The van der Waals surface area contributed by atoms with E-state index in [1.54, 1.807) is 17.0 Å². The lowest BCUT2D eigenvalue weighted by atomic mass is 10.0. The monoisotopic (exact) mass is 476 g/mol. The van der Waals surface area contributed by atoms with Crippen molar-refractivity contribution in [3.05, 3.63) is 106 Å². The molecule has 1 atom stereocenters. The summed E-state index contributed by atoms with van der Waals surface area (Å²) in [6, 6.07) is 24.6. The second-order valence-corrected chi connectivity index (χ2v) is 9.10. The standard InChI is InChI=1S/C29H33ClN2O2/c1-3-4-17-31-29(34)27(19-23-10-6-5-7-11-23)32(21-25-12-8-9-22(2)18-25)28(33)20-24-13-15-26(30)16-14-24/h5-16,18,27H,3-4,17,19-21H2,1-2H3,(H,31,34)/t27-/m1/s1. The van der Waals surface area contributed by atoms with Gasteiger partial charge in [0.15, 0.2) is 0 Å². The van der Waals surface area contributed by atoms with E-state index in [2.05, 4.69) is 18.3 Å². The van der Waals surface area contributed by atoms with Gasteiger partial charge < -0.3 is 10.2 Å². The van der Waals surface area contributed by atoms with E-state index in [1.165, 1.54) is 0 Å². The summed E-state index contributed by atoms with van der Waals surface area (Å²) in [6.45, 7) is 5.09. The molecule has 34 heavy (non-hydrogen) atoms. The van der Waals surface area contributed by atoms with Gasteiger partial charge in [0, 0.05) is 24.5 Å². The third-order valence-corrected chi connectivity index (χ3v) is 6.06. The van der Waals surface area contributed by atoms with Crippen LogP contribution in [0.4, 0.5) is 0 Å². The van der Waals surface area contributed by atoms with Crippen molar-refractivity contribution >= 4 is 23.4 Å². The largest absolute Gasteiger partial charge is 0.354 e. The molecule has 0 unspecified atom stereocenters. The summed E-state index contributed by atoms with van der Waals surface area (Å²) >= 11 is 6.03. The Morgan fingerprint density at radius 2 is 1.62 bits per heavy atom. The molecule has 0 saturated heterocycles. The Hall–Kier alpha value is -3.11. The maximum Gasteiger partial charge on any atom is 0.243 e. The lowest BCUT2D eigenvalue weighted by Gasteiger charge is -2.32. The summed E-state index contributed by atoms with van der Waals surface area (Å²) in [6.07, 6.45) is 2.56. The van der Waals surface area contributed by atoms with Crippen molar-refractivity contribution in [1.82, 2.24) is 10.2 Å². The highest BCUT2D eigenvalue weighted by Gasteiger charge is 2.30. The van der Waals surface area contributed by atoms with Gasteiger partial charge in [0.25, 0.3) is 0 Å².